The Morgan fingerprint density at radius 2 is 1.67 bits per heavy atom. The van der Waals surface area contributed by atoms with Crippen molar-refractivity contribution in [2.24, 2.45) is 0 Å². The van der Waals surface area contributed by atoms with Crippen LogP contribution in [0.3, 0.4) is 0 Å². The number of nitrogens with zero attached hydrogens (tertiary/aromatic N) is 1. The van der Waals surface area contributed by atoms with Crippen LogP contribution < -0.4 is 4.74 Å². The number of benzene rings is 3. The molecule has 0 spiro atoms. The van der Waals surface area contributed by atoms with Crippen molar-refractivity contribution in [3.05, 3.63) is 106 Å². The molecule has 1 amide bonds. The van der Waals surface area contributed by atoms with Gasteiger partial charge >= 0.3 is 0 Å². The van der Waals surface area contributed by atoms with E-state index in [2.05, 4.69) is 20.8 Å². The first kappa shape index (κ1) is 28.1. The zero-order valence-corrected chi connectivity index (χ0v) is 23.4. The second-order valence-corrected chi connectivity index (χ2v) is 11.0. The van der Waals surface area contributed by atoms with Crippen LogP contribution in [0.25, 0.3) is 5.76 Å². The molecule has 1 aliphatic heterocycles. The average Bonchev–Trinajstić information content (AvgIpc) is 3.17. The normalized spacial score (nSPS) is 17.1. The maximum Gasteiger partial charge on any atom is 0.295 e. The summed E-state index contributed by atoms with van der Waals surface area (Å²) < 4.78 is 11.1. The average molecular weight is 528 g/mol. The SMILES string of the molecule is COCCCN1C(=O)C(=O)/C(=C(/O)c2ccc(OCc3ccccc3)cc2C)[C@H]1c1ccc(C(C)(C)C)cc1. The largest absolute Gasteiger partial charge is 0.507 e. The Hall–Kier alpha value is -3.90. The number of rotatable bonds is 9. The second-order valence-electron chi connectivity index (χ2n) is 11.0. The van der Waals surface area contributed by atoms with E-state index in [9.17, 15) is 14.7 Å². The van der Waals surface area contributed by atoms with Crippen LogP contribution in [0.5, 0.6) is 5.75 Å². The van der Waals surface area contributed by atoms with Gasteiger partial charge in [-0.05, 0) is 59.2 Å². The van der Waals surface area contributed by atoms with Gasteiger partial charge in [0.2, 0.25) is 0 Å². The topological polar surface area (TPSA) is 76.1 Å². The molecule has 0 radical (unpaired) electrons. The van der Waals surface area contributed by atoms with Gasteiger partial charge in [-0.25, -0.2) is 0 Å². The van der Waals surface area contributed by atoms with Crippen molar-refractivity contribution >= 4 is 17.4 Å². The number of aryl methyl sites for hydroxylation is 1. The van der Waals surface area contributed by atoms with Gasteiger partial charge in [0.15, 0.2) is 0 Å². The Morgan fingerprint density at radius 1 is 0.974 bits per heavy atom. The van der Waals surface area contributed by atoms with Crippen molar-refractivity contribution in [2.75, 3.05) is 20.3 Å². The molecule has 1 heterocycles. The maximum atomic E-state index is 13.3. The third-order valence-electron chi connectivity index (χ3n) is 7.08. The van der Waals surface area contributed by atoms with E-state index >= 15 is 0 Å². The first-order valence-electron chi connectivity index (χ1n) is 13.3. The van der Waals surface area contributed by atoms with Gasteiger partial charge in [0.1, 0.15) is 18.1 Å². The number of carbonyl (C=O) groups excluding carboxylic acids is 2. The summed E-state index contributed by atoms with van der Waals surface area (Å²) in [6.07, 6.45) is 0.576. The molecule has 6 heteroatoms. The Balaban J connectivity index is 1.71. The second kappa shape index (κ2) is 11.9. The molecule has 6 nitrogen and oxygen atoms in total. The molecule has 204 valence electrons. The van der Waals surface area contributed by atoms with E-state index in [4.69, 9.17) is 9.47 Å². The number of methoxy groups -OCH3 is 1. The number of aliphatic hydroxyl groups excluding tert-OH is 1. The van der Waals surface area contributed by atoms with Gasteiger partial charge < -0.3 is 19.5 Å². The van der Waals surface area contributed by atoms with Gasteiger partial charge in [-0.1, -0.05) is 75.4 Å². The Kier molecular flexibility index (Phi) is 8.56. The zero-order chi connectivity index (χ0) is 28.2. The lowest BCUT2D eigenvalue weighted by Gasteiger charge is -2.26. The number of carbonyl (C=O) groups is 2. The van der Waals surface area contributed by atoms with Crippen LogP contribution in [0, 0.1) is 6.92 Å². The maximum absolute atomic E-state index is 13.3. The van der Waals surface area contributed by atoms with Crippen LogP contribution in [0.4, 0.5) is 0 Å². The number of hydrogen-bond donors (Lipinski definition) is 1. The number of ketones is 1. The fourth-order valence-electron chi connectivity index (χ4n) is 4.88. The van der Waals surface area contributed by atoms with Crippen molar-refractivity contribution in [3.8, 4) is 5.75 Å². The number of aliphatic hydroxyl groups is 1. The molecule has 1 aliphatic rings. The highest BCUT2D eigenvalue weighted by Gasteiger charge is 2.46. The van der Waals surface area contributed by atoms with Crippen LogP contribution >= 0.6 is 0 Å². The molecular formula is C33H37NO5. The van der Waals surface area contributed by atoms with Crippen molar-refractivity contribution < 1.29 is 24.2 Å². The molecule has 1 N–H and O–H groups in total. The van der Waals surface area contributed by atoms with E-state index in [1.165, 1.54) is 0 Å². The van der Waals surface area contributed by atoms with Gasteiger partial charge in [-0.3, -0.25) is 9.59 Å². The number of ether oxygens (including phenoxy) is 2. The lowest BCUT2D eigenvalue weighted by Crippen LogP contribution is -2.31. The molecule has 0 saturated carbocycles. The van der Waals surface area contributed by atoms with Crippen molar-refractivity contribution in [2.45, 2.75) is 52.2 Å². The summed E-state index contributed by atoms with van der Waals surface area (Å²) in [6.45, 7) is 9.47. The van der Waals surface area contributed by atoms with E-state index in [-0.39, 0.29) is 16.7 Å². The highest BCUT2D eigenvalue weighted by Crippen LogP contribution is 2.40. The molecule has 0 aliphatic carbocycles. The Morgan fingerprint density at radius 3 is 2.28 bits per heavy atom. The highest BCUT2D eigenvalue weighted by atomic mass is 16.5. The summed E-state index contributed by atoms with van der Waals surface area (Å²) in [5.41, 5.74) is 4.26. The van der Waals surface area contributed by atoms with Crippen LogP contribution in [0.2, 0.25) is 0 Å². The fraction of sp³-hybridized carbons (Fsp3) is 0.333. The third-order valence-corrected chi connectivity index (χ3v) is 7.08. The van der Waals surface area contributed by atoms with Gasteiger partial charge in [0, 0.05) is 25.8 Å². The smallest absolute Gasteiger partial charge is 0.295 e. The monoisotopic (exact) mass is 527 g/mol. The molecule has 1 atom stereocenters. The van der Waals surface area contributed by atoms with Gasteiger partial charge in [0.05, 0.1) is 11.6 Å². The summed E-state index contributed by atoms with van der Waals surface area (Å²) >= 11 is 0. The summed E-state index contributed by atoms with van der Waals surface area (Å²) in [4.78, 5) is 28.1. The molecule has 3 aromatic rings. The van der Waals surface area contributed by atoms with Crippen LogP contribution in [-0.2, 0) is 26.3 Å². The van der Waals surface area contributed by atoms with Crippen molar-refractivity contribution in [3.63, 3.8) is 0 Å². The van der Waals surface area contributed by atoms with E-state index in [0.717, 1.165) is 22.3 Å². The fourth-order valence-corrected chi connectivity index (χ4v) is 4.88. The summed E-state index contributed by atoms with van der Waals surface area (Å²) in [6, 6.07) is 22.5. The third kappa shape index (κ3) is 6.23. The van der Waals surface area contributed by atoms with Crippen LogP contribution in [-0.4, -0.2) is 42.0 Å². The Labute approximate surface area is 230 Å². The number of Topliss-reactive ketones (excluding diaryl/α,β-unsaturated/α-hetero) is 1. The molecule has 4 rings (SSSR count). The predicted octanol–water partition coefficient (Wildman–Crippen LogP) is 6.33. The lowest BCUT2D eigenvalue weighted by molar-refractivity contribution is -0.140. The molecule has 0 aromatic heterocycles. The molecular weight excluding hydrogens is 490 g/mol. The first-order valence-corrected chi connectivity index (χ1v) is 13.3. The summed E-state index contributed by atoms with van der Waals surface area (Å²) in [5.74, 6) is -0.821. The van der Waals surface area contributed by atoms with Crippen LogP contribution in [0.1, 0.15) is 61.1 Å². The van der Waals surface area contributed by atoms with E-state index in [0.29, 0.717) is 37.5 Å². The van der Waals surface area contributed by atoms with E-state index in [1.54, 1.807) is 24.1 Å². The molecule has 3 aromatic carbocycles. The standard InChI is InChI=1S/C33H37NO5/c1-22-20-26(39-21-23-10-7-6-8-11-23)16-17-27(22)30(35)28-29(24-12-14-25(15-13-24)33(2,3)4)34(18-9-19-38-5)32(37)31(28)36/h6-8,10-17,20,29,35H,9,18-19,21H2,1-5H3/b30-28+/t29-/m1/s1. The van der Waals surface area contributed by atoms with E-state index in [1.807, 2.05) is 67.6 Å². The van der Waals surface area contributed by atoms with Gasteiger partial charge in [-0.2, -0.15) is 0 Å². The zero-order valence-electron chi connectivity index (χ0n) is 23.4. The molecule has 0 bridgehead atoms. The number of amides is 1. The minimum Gasteiger partial charge on any atom is -0.507 e. The number of likely N-dealkylation sites (tertiary alicyclic amines) is 1. The van der Waals surface area contributed by atoms with Crippen molar-refractivity contribution in [1.29, 1.82) is 0 Å². The highest BCUT2D eigenvalue weighted by molar-refractivity contribution is 6.46. The molecule has 1 fully saturated rings. The van der Waals surface area contributed by atoms with Crippen molar-refractivity contribution in [1.82, 2.24) is 4.90 Å². The minimum atomic E-state index is -0.690. The Bertz CT molecular complexity index is 1350. The predicted molar refractivity (Wildman–Crippen MR) is 153 cm³/mol. The van der Waals surface area contributed by atoms with E-state index < -0.39 is 17.7 Å². The summed E-state index contributed by atoms with van der Waals surface area (Å²) in [7, 11) is 1.60. The first-order chi connectivity index (χ1) is 18.6. The molecule has 39 heavy (non-hydrogen) atoms. The molecule has 0 unspecified atom stereocenters. The van der Waals surface area contributed by atoms with Crippen LogP contribution in [0.15, 0.2) is 78.4 Å². The van der Waals surface area contributed by atoms with Gasteiger partial charge in [0.25, 0.3) is 11.7 Å². The minimum absolute atomic E-state index is 0.0414. The summed E-state index contributed by atoms with van der Waals surface area (Å²) in [5, 5.41) is 11.5. The molecule has 1 saturated heterocycles. The van der Waals surface area contributed by atoms with Gasteiger partial charge in [-0.15, -0.1) is 0 Å². The quantitative estimate of drug-likeness (QED) is 0.152. The number of hydrogen-bond acceptors (Lipinski definition) is 5. The lowest BCUT2D eigenvalue weighted by atomic mass is 9.85.